The molecule has 1 aliphatic rings. The Morgan fingerprint density at radius 2 is 1.65 bits per heavy atom. The quantitative estimate of drug-likeness (QED) is 0.897. The molecule has 0 atom stereocenters. The molecule has 0 radical (unpaired) electrons. The van der Waals surface area contributed by atoms with Crippen LogP contribution in [0.4, 0.5) is 5.95 Å². The lowest BCUT2D eigenvalue weighted by Crippen LogP contribution is -2.31. The molecule has 4 heteroatoms. The van der Waals surface area contributed by atoms with E-state index in [1.54, 1.807) is 0 Å². The second-order valence-corrected chi connectivity index (χ2v) is 6.08. The molecule has 0 aliphatic carbocycles. The monoisotopic (exact) mass is 276 g/mol. The summed E-state index contributed by atoms with van der Waals surface area (Å²) in [6.07, 6.45) is 4.88. The summed E-state index contributed by atoms with van der Waals surface area (Å²) < 4.78 is 0. The number of aryl methyl sites for hydroxylation is 2. The smallest absolute Gasteiger partial charge is 0.225 e. The van der Waals surface area contributed by atoms with Gasteiger partial charge in [0.25, 0.3) is 0 Å². The number of anilines is 1. The van der Waals surface area contributed by atoms with E-state index in [2.05, 4.69) is 37.9 Å². The van der Waals surface area contributed by atoms with Gasteiger partial charge in [-0.3, -0.25) is 0 Å². The van der Waals surface area contributed by atoms with Crippen molar-refractivity contribution < 1.29 is 0 Å². The number of nitrogens with one attached hydrogen (secondary N) is 1. The van der Waals surface area contributed by atoms with Crippen molar-refractivity contribution in [3.05, 3.63) is 17.0 Å². The zero-order valence-corrected chi connectivity index (χ0v) is 13.4. The first-order chi connectivity index (χ1) is 9.58. The Kier molecular flexibility index (Phi) is 5.35. The first-order valence-corrected chi connectivity index (χ1v) is 7.90. The lowest BCUT2D eigenvalue weighted by Gasteiger charge is -2.27. The van der Waals surface area contributed by atoms with Crippen LogP contribution in [0.15, 0.2) is 0 Å². The minimum Gasteiger partial charge on any atom is -0.341 e. The molecule has 0 amide bonds. The van der Waals surface area contributed by atoms with E-state index in [1.807, 2.05) is 0 Å². The molecule has 1 aromatic rings. The summed E-state index contributed by atoms with van der Waals surface area (Å²) in [7, 11) is 0. The molecule has 1 N–H and O–H groups in total. The lowest BCUT2D eigenvalue weighted by atomic mass is 10.1. The van der Waals surface area contributed by atoms with Gasteiger partial charge in [0, 0.05) is 30.5 Å². The van der Waals surface area contributed by atoms with Crippen LogP contribution in [0.2, 0.25) is 0 Å². The second-order valence-electron chi connectivity index (χ2n) is 6.08. The summed E-state index contributed by atoms with van der Waals surface area (Å²) >= 11 is 0. The molecule has 2 rings (SSSR count). The minimum absolute atomic E-state index is 0.532. The van der Waals surface area contributed by atoms with Crippen LogP contribution in [0.25, 0.3) is 0 Å². The molecule has 0 unspecified atom stereocenters. The molecule has 0 saturated carbocycles. The molecule has 0 spiro atoms. The van der Waals surface area contributed by atoms with Gasteiger partial charge in [0.05, 0.1) is 0 Å². The van der Waals surface area contributed by atoms with Crippen LogP contribution in [0, 0.1) is 13.8 Å². The van der Waals surface area contributed by atoms with Crippen molar-refractivity contribution in [3.8, 4) is 0 Å². The van der Waals surface area contributed by atoms with E-state index in [0.29, 0.717) is 6.04 Å². The topological polar surface area (TPSA) is 41.1 Å². The number of rotatable bonds is 5. The van der Waals surface area contributed by atoms with E-state index in [4.69, 9.17) is 9.97 Å². The fraction of sp³-hybridized carbons (Fsp3) is 0.750. The van der Waals surface area contributed by atoms with Crippen molar-refractivity contribution in [2.75, 3.05) is 24.5 Å². The Morgan fingerprint density at radius 1 is 1.05 bits per heavy atom. The highest BCUT2D eigenvalue weighted by Gasteiger charge is 2.16. The first-order valence-electron chi connectivity index (χ1n) is 7.90. The van der Waals surface area contributed by atoms with E-state index in [0.717, 1.165) is 43.4 Å². The molecule has 1 saturated heterocycles. The van der Waals surface area contributed by atoms with Gasteiger partial charge < -0.3 is 10.2 Å². The summed E-state index contributed by atoms with van der Waals surface area (Å²) in [5.74, 6) is 0.931. The van der Waals surface area contributed by atoms with Crippen LogP contribution in [-0.4, -0.2) is 35.6 Å². The van der Waals surface area contributed by atoms with Crippen molar-refractivity contribution in [2.45, 2.75) is 59.4 Å². The number of aromatic nitrogens is 2. The summed E-state index contributed by atoms with van der Waals surface area (Å²) in [4.78, 5) is 11.8. The maximum atomic E-state index is 4.74. The van der Waals surface area contributed by atoms with Gasteiger partial charge in [-0.25, -0.2) is 9.97 Å². The van der Waals surface area contributed by atoms with Gasteiger partial charge in [0.2, 0.25) is 5.95 Å². The van der Waals surface area contributed by atoms with E-state index < -0.39 is 0 Å². The van der Waals surface area contributed by atoms with Gasteiger partial charge >= 0.3 is 0 Å². The van der Waals surface area contributed by atoms with Gasteiger partial charge in [0.1, 0.15) is 0 Å². The Bertz CT molecular complexity index is 413. The van der Waals surface area contributed by atoms with Crippen molar-refractivity contribution >= 4 is 5.95 Å². The summed E-state index contributed by atoms with van der Waals surface area (Å²) in [6.45, 7) is 11.8. The van der Waals surface area contributed by atoms with Crippen LogP contribution in [0.3, 0.4) is 0 Å². The van der Waals surface area contributed by atoms with Crippen molar-refractivity contribution in [3.63, 3.8) is 0 Å². The Labute approximate surface area is 123 Å². The van der Waals surface area contributed by atoms with Gasteiger partial charge in [-0.1, -0.05) is 13.8 Å². The van der Waals surface area contributed by atoms with Gasteiger partial charge in [-0.2, -0.15) is 0 Å². The normalized spacial score (nSPS) is 15.9. The zero-order chi connectivity index (χ0) is 14.5. The van der Waals surface area contributed by atoms with Gasteiger partial charge in [-0.05, 0) is 51.6 Å². The number of nitrogens with zero attached hydrogens (tertiary/aromatic N) is 3. The highest BCUT2D eigenvalue weighted by atomic mass is 15.3. The largest absolute Gasteiger partial charge is 0.341 e. The van der Waals surface area contributed by atoms with Gasteiger partial charge in [-0.15, -0.1) is 0 Å². The Morgan fingerprint density at radius 3 is 2.20 bits per heavy atom. The number of piperidine rings is 1. The average Bonchev–Trinajstić information content (AvgIpc) is 2.42. The van der Waals surface area contributed by atoms with Crippen LogP contribution in [0.1, 0.15) is 50.1 Å². The number of hydrogen-bond acceptors (Lipinski definition) is 4. The highest BCUT2D eigenvalue weighted by molar-refractivity contribution is 5.37. The molecule has 20 heavy (non-hydrogen) atoms. The van der Waals surface area contributed by atoms with Gasteiger partial charge in [0.15, 0.2) is 0 Å². The molecular weight excluding hydrogens is 248 g/mol. The maximum absolute atomic E-state index is 4.74. The third kappa shape index (κ3) is 3.92. The third-order valence-electron chi connectivity index (χ3n) is 3.98. The van der Waals surface area contributed by atoms with Crippen LogP contribution in [0.5, 0.6) is 0 Å². The SMILES string of the molecule is Cc1nc(N2CCCCC2)nc(C)c1CCNC(C)C. The maximum Gasteiger partial charge on any atom is 0.225 e. The Hall–Kier alpha value is -1.16. The Balaban J connectivity index is 2.07. The van der Waals surface area contributed by atoms with Crippen LogP contribution in [-0.2, 0) is 6.42 Å². The summed E-state index contributed by atoms with van der Waals surface area (Å²) in [6, 6.07) is 0.532. The number of hydrogen-bond donors (Lipinski definition) is 1. The molecule has 4 nitrogen and oxygen atoms in total. The predicted octanol–water partition coefficient (Wildman–Crippen LogP) is 2.62. The molecule has 1 aliphatic heterocycles. The van der Waals surface area contributed by atoms with Crippen molar-refractivity contribution in [1.29, 1.82) is 0 Å². The van der Waals surface area contributed by atoms with Crippen molar-refractivity contribution in [1.82, 2.24) is 15.3 Å². The second kappa shape index (κ2) is 7.02. The molecular formula is C16H28N4. The third-order valence-corrected chi connectivity index (χ3v) is 3.98. The molecule has 2 heterocycles. The van der Waals surface area contributed by atoms with Crippen LogP contribution < -0.4 is 10.2 Å². The van der Waals surface area contributed by atoms with E-state index in [9.17, 15) is 0 Å². The fourth-order valence-electron chi connectivity index (χ4n) is 2.80. The first kappa shape index (κ1) is 15.2. The molecule has 1 fully saturated rings. The lowest BCUT2D eigenvalue weighted by molar-refractivity contribution is 0.565. The van der Waals surface area contributed by atoms with E-state index in [-0.39, 0.29) is 0 Å². The molecule has 112 valence electrons. The summed E-state index contributed by atoms with van der Waals surface area (Å²) in [5, 5.41) is 3.46. The predicted molar refractivity (Wildman–Crippen MR) is 84.4 cm³/mol. The van der Waals surface area contributed by atoms with Crippen LogP contribution >= 0.6 is 0 Å². The fourth-order valence-corrected chi connectivity index (χ4v) is 2.80. The average molecular weight is 276 g/mol. The van der Waals surface area contributed by atoms with E-state index >= 15 is 0 Å². The summed E-state index contributed by atoms with van der Waals surface area (Å²) in [5.41, 5.74) is 3.59. The minimum atomic E-state index is 0.532. The molecule has 0 aromatic carbocycles. The standard InChI is InChI=1S/C16H28N4/c1-12(2)17-9-8-15-13(3)18-16(19-14(15)4)20-10-6-5-7-11-20/h12,17H,5-11H2,1-4H3. The van der Waals surface area contributed by atoms with Crippen molar-refractivity contribution in [2.24, 2.45) is 0 Å². The zero-order valence-electron chi connectivity index (χ0n) is 13.4. The highest BCUT2D eigenvalue weighted by Crippen LogP contribution is 2.19. The molecule has 0 bridgehead atoms. The molecule has 1 aromatic heterocycles. The van der Waals surface area contributed by atoms with E-state index in [1.165, 1.54) is 24.8 Å².